The third kappa shape index (κ3) is 5.56. The Hall–Kier alpha value is -4.43. The van der Waals surface area contributed by atoms with Crippen LogP contribution in [0.2, 0.25) is 0 Å². The predicted octanol–water partition coefficient (Wildman–Crippen LogP) is 4.67. The zero-order valence-corrected chi connectivity index (χ0v) is 23.0. The van der Waals surface area contributed by atoms with Crippen molar-refractivity contribution in [3.63, 3.8) is 0 Å². The van der Waals surface area contributed by atoms with Crippen LogP contribution in [0.25, 0.3) is 6.08 Å². The van der Waals surface area contributed by atoms with Crippen molar-refractivity contribution in [2.24, 2.45) is 4.99 Å². The van der Waals surface area contributed by atoms with Gasteiger partial charge in [0.2, 0.25) is 0 Å². The van der Waals surface area contributed by atoms with Gasteiger partial charge in [0.25, 0.3) is 11.5 Å². The predicted molar refractivity (Wildman–Crippen MR) is 154 cm³/mol. The lowest BCUT2D eigenvalue weighted by atomic mass is 9.95. The Labute approximate surface area is 230 Å². The Bertz CT molecular complexity index is 1700. The Morgan fingerprint density at radius 3 is 2.31 bits per heavy atom. The summed E-state index contributed by atoms with van der Waals surface area (Å²) in [5.41, 5.74) is 3.09. The minimum atomic E-state index is -0.653. The second-order valence-electron chi connectivity index (χ2n) is 9.41. The molecule has 0 aliphatic carbocycles. The van der Waals surface area contributed by atoms with Crippen LogP contribution in [0.4, 0.5) is 5.69 Å². The third-order valence-corrected chi connectivity index (χ3v) is 7.26. The summed E-state index contributed by atoms with van der Waals surface area (Å²) in [6, 6.07) is 23.6. The van der Waals surface area contributed by atoms with Gasteiger partial charge in [-0.1, -0.05) is 53.8 Å². The molecule has 1 aliphatic rings. The first kappa shape index (κ1) is 26.2. The molecule has 198 valence electrons. The highest BCUT2D eigenvalue weighted by Gasteiger charge is 2.32. The largest absolute Gasteiger partial charge is 0.497 e. The van der Waals surface area contributed by atoms with Crippen LogP contribution in [-0.4, -0.2) is 23.7 Å². The minimum Gasteiger partial charge on any atom is -0.497 e. The zero-order valence-electron chi connectivity index (χ0n) is 22.2. The number of aromatic nitrogens is 1. The normalized spacial score (nSPS) is 15.1. The molecule has 2 heterocycles. The van der Waals surface area contributed by atoms with Crippen LogP contribution in [0.15, 0.2) is 99.9 Å². The number of nitrogens with one attached hydrogen (secondary N) is 1. The van der Waals surface area contributed by atoms with Crippen LogP contribution in [0.3, 0.4) is 0 Å². The molecule has 1 atom stereocenters. The smallest absolute Gasteiger partial charge is 0.271 e. The number of benzene rings is 3. The van der Waals surface area contributed by atoms with Crippen LogP contribution < -0.4 is 29.7 Å². The van der Waals surface area contributed by atoms with Gasteiger partial charge in [-0.2, -0.15) is 0 Å². The number of amides is 1. The summed E-state index contributed by atoms with van der Waals surface area (Å²) >= 11 is 1.31. The van der Waals surface area contributed by atoms with E-state index < -0.39 is 6.04 Å². The van der Waals surface area contributed by atoms with Gasteiger partial charge in [0.05, 0.1) is 35.1 Å². The van der Waals surface area contributed by atoms with Crippen LogP contribution in [0.1, 0.15) is 37.9 Å². The first-order chi connectivity index (χ1) is 18.8. The SMILES string of the molecule is COc1ccc(C2C(C(=O)Nc3ccccc3)=C(C)N=c3sc(=Cc4ccc(OC(C)C)cc4)c(=O)n32)cc1. The Morgan fingerprint density at radius 1 is 1.00 bits per heavy atom. The van der Waals surface area contributed by atoms with Crippen molar-refractivity contribution in [2.75, 3.05) is 12.4 Å². The molecular weight excluding hydrogens is 510 g/mol. The Morgan fingerprint density at radius 2 is 1.67 bits per heavy atom. The molecule has 1 aromatic heterocycles. The Kier molecular flexibility index (Phi) is 7.47. The molecule has 1 N–H and O–H groups in total. The number of hydrogen-bond donors (Lipinski definition) is 1. The molecule has 0 saturated carbocycles. The average molecular weight is 540 g/mol. The molecular formula is C31H29N3O4S. The molecule has 0 radical (unpaired) electrons. The summed E-state index contributed by atoms with van der Waals surface area (Å²) in [7, 11) is 1.60. The summed E-state index contributed by atoms with van der Waals surface area (Å²) in [5.74, 6) is 1.15. The van der Waals surface area contributed by atoms with Crippen LogP contribution in [-0.2, 0) is 4.79 Å². The van der Waals surface area contributed by atoms with E-state index in [2.05, 4.69) is 5.32 Å². The van der Waals surface area contributed by atoms with E-state index in [9.17, 15) is 9.59 Å². The second-order valence-corrected chi connectivity index (χ2v) is 10.4. The van der Waals surface area contributed by atoms with Gasteiger partial charge in [-0.15, -0.1) is 0 Å². The number of rotatable bonds is 7. The van der Waals surface area contributed by atoms with Gasteiger partial charge >= 0.3 is 0 Å². The number of carbonyl (C=O) groups is 1. The van der Waals surface area contributed by atoms with Crippen molar-refractivity contribution in [3.8, 4) is 11.5 Å². The fraction of sp³-hybridized carbons (Fsp3) is 0.194. The van der Waals surface area contributed by atoms with Gasteiger partial charge in [0, 0.05) is 5.69 Å². The standard InChI is InChI=1S/C31H29N3O4S/c1-19(2)38-25-14-10-21(11-15-25)18-26-30(36)34-28(22-12-16-24(37-4)17-13-22)27(20(3)32-31(34)39-26)29(35)33-23-8-6-5-7-9-23/h5-19,28H,1-4H3,(H,33,35). The van der Waals surface area contributed by atoms with Crippen molar-refractivity contribution in [3.05, 3.63) is 121 Å². The number of fused-ring (bicyclic) bond motifs is 1. The summed E-state index contributed by atoms with van der Waals surface area (Å²) in [6.07, 6.45) is 1.92. The second kappa shape index (κ2) is 11.1. The fourth-order valence-corrected chi connectivity index (χ4v) is 5.55. The minimum absolute atomic E-state index is 0.0778. The van der Waals surface area contributed by atoms with Crippen molar-refractivity contribution < 1.29 is 14.3 Å². The van der Waals surface area contributed by atoms with E-state index in [1.807, 2.05) is 98.8 Å². The van der Waals surface area contributed by atoms with Crippen LogP contribution in [0.5, 0.6) is 11.5 Å². The van der Waals surface area contributed by atoms with Crippen molar-refractivity contribution in [2.45, 2.75) is 32.9 Å². The number of anilines is 1. The highest BCUT2D eigenvalue weighted by Crippen LogP contribution is 2.31. The lowest BCUT2D eigenvalue weighted by molar-refractivity contribution is -0.113. The van der Waals surface area contributed by atoms with Gasteiger partial charge in [-0.05, 0) is 74.4 Å². The fourth-order valence-electron chi connectivity index (χ4n) is 4.50. The topological polar surface area (TPSA) is 81.9 Å². The molecule has 0 bridgehead atoms. The van der Waals surface area contributed by atoms with E-state index in [0.29, 0.717) is 32.0 Å². The molecule has 39 heavy (non-hydrogen) atoms. The summed E-state index contributed by atoms with van der Waals surface area (Å²) in [4.78, 5) is 32.7. The quantitative estimate of drug-likeness (QED) is 0.370. The summed E-state index contributed by atoms with van der Waals surface area (Å²) in [5, 5.41) is 2.97. The van der Waals surface area contributed by atoms with E-state index in [0.717, 1.165) is 16.9 Å². The van der Waals surface area contributed by atoms with E-state index in [-0.39, 0.29) is 17.6 Å². The number of methoxy groups -OCH3 is 1. The molecule has 0 fully saturated rings. The van der Waals surface area contributed by atoms with E-state index in [1.54, 1.807) is 18.6 Å². The third-order valence-electron chi connectivity index (χ3n) is 6.28. The molecule has 1 unspecified atom stereocenters. The average Bonchev–Trinajstić information content (AvgIpc) is 3.23. The zero-order chi connectivity index (χ0) is 27.5. The number of thiazole rings is 1. The first-order valence-corrected chi connectivity index (χ1v) is 13.5. The number of para-hydroxylation sites is 1. The molecule has 0 spiro atoms. The molecule has 3 aromatic carbocycles. The maximum Gasteiger partial charge on any atom is 0.271 e. The van der Waals surface area contributed by atoms with Gasteiger partial charge in [-0.3, -0.25) is 14.2 Å². The van der Waals surface area contributed by atoms with Gasteiger partial charge in [0.1, 0.15) is 11.5 Å². The number of ether oxygens (including phenoxy) is 2. The number of carbonyl (C=O) groups excluding carboxylic acids is 1. The van der Waals surface area contributed by atoms with Gasteiger partial charge < -0.3 is 14.8 Å². The van der Waals surface area contributed by atoms with Gasteiger partial charge in [-0.25, -0.2) is 4.99 Å². The highest BCUT2D eigenvalue weighted by atomic mass is 32.1. The maximum atomic E-state index is 13.8. The summed E-state index contributed by atoms with van der Waals surface area (Å²) < 4.78 is 13.2. The number of allylic oxidation sites excluding steroid dienone is 1. The molecule has 0 saturated heterocycles. The van der Waals surface area contributed by atoms with E-state index in [1.165, 1.54) is 11.3 Å². The molecule has 1 aliphatic heterocycles. The number of hydrogen-bond acceptors (Lipinski definition) is 6. The summed E-state index contributed by atoms with van der Waals surface area (Å²) in [6.45, 7) is 5.76. The lowest BCUT2D eigenvalue weighted by Gasteiger charge is -2.25. The number of nitrogens with zero attached hydrogens (tertiary/aromatic N) is 2. The maximum absolute atomic E-state index is 13.8. The van der Waals surface area contributed by atoms with Crippen LogP contribution in [0, 0.1) is 0 Å². The molecule has 8 heteroatoms. The van der Waals surface area contributed by atoms with Gasteiger partial charge in [0.15, 0.2) is 4.80 Å². The molecule has 7 nitrogen and oxygen atoms in total. The molecule has 4 aromatic rings. The van der Waals surface area contributed by atoms with Crippen molar-refractivity contribution >= 4 is 29.0 Å². The first-order valence-electron chi connectivity index (χ1n) is 12.6. The van der Waals surface area contributed by atoms with Crippen molar-refractivity contribution in [1.29, 1.82) is 0 Å². The molecule has 1 amide bonds. The molecule has 5 rings (SSSR count). The Balaban J connectivity index is 1.61. The van der Waals surface area contributed by atoms with E-state index >= 15 is 0 Å². The van der Waals surface area contributed by atoms with Crippen LogP contribution >= 0.6 is 11.3 Å². The lowest BCUT2D eigenvalue weighted by Crippen LogP contribution is -2.40. The van der Waals surface area contributed by atoms with E-state index in [4.69, 9.17) is 14.5 Å². The highest BCUT2D eigenvalue weighted by molar-refractivity contribution is 7.07. The van der Waals surface area contributed by atoms with Crippen molar-refractivity contribution in [1.82, 2.24) is 4.57 Å². The monoisotopic (exact) mass is 539 g/mol.